The Balaban J connectivity index is 0.000000163. The van der Waals surface area contributed by atoms with Crippen LogP contribution >= 0.6 is 23.1 Å². The Morgan fingerprint density at radius 1 is 1.16 bits per heavy atom. The van der Waals surface area contributed by atoms with Crippen LogP contribution in [0.15, 0.2) is 48.5 Å². The first-order valence-corrected chi connectivity index (χ1v) is 6.48. The molecule has 2 aromatic carbocycles. The van der Waals surface area contributed by atoms with E-state index in [9.17, 15) is 4.79 Å². The largest absolute Gasteiger partial charge is 0.478 e. The van der Waals surface area contributed by atoms with Crippen molar-refractivity contribution in [2.24, 2.45) is 0 Å². The average molecular weight is 293 g/mol. The number of hydrogen-bond donors (Lipinski definition) is 1. The molecule has 0 aliphatic rings. The lowest BCUT2D eigenvalue weighted by Gasteiger charge is -1.90. The highest BCUT2D eigenvalue weighted by atomic mass is 35.5. The summed E-state index contributed by atoms with van der Waals surface area (Å²) in [6.45, 7) is 0. The summed E-state index contributed by atoms with van der Waals surface area (Å²) < 4.78 is 4.60. The predicted molar refractivity (Wildman–Crippen MR) is 75.8 cm³/mol. The molecule has 6 heteroatoms. The lowest BCUT2D eigenvalue weighted by Crippen LogP contribution is -1.94. The molecule has 96 valence electrons. The van der Waals surface area contributed by atoms with Crippen molar-refractivity contribution in [3.05, 3.63) is 59.1 Å². The minimum atomic E-state index is -0.940. The van der Waals surface area contributed by atoms with Gasteiger partial charge in [-0.25, -0.2) is 4.79 Å². The summed E-state index contributed by atoms with van der Waals surface area (Å²) in [6, 6.07) is 14.2. The maximum atomic E-state index is 10.5. The van der Waals surface area contributed by atoms with E-state index in [4.69, 9.17) is 16.7 Å². The van der Waals surface area contributed by atoms with Crippen LogP contribution < -0.4 is 0 Å². The van der Waals surface area contributed by atoms with Gasteiger partial charge < -0.3 is 5.11 Å². The smallest absolute Gasteiger partial charge is 0.335 e. The number of halogens is 1. The predicted octanol–water partition coefficient (Wildman–Crippen LogP) is 3.73. The highest BCUT2D eigenvalue weighted by Gasteiger charge is 2.04. The van der Waals surface area contributed by atoms with Crippen LogP contribution in [0.2, 0.25) is 5.02 Å². The monoisotopic (exact) mass is 292 g/mol. The molecule has 0 radical (unpaired) electrons. The molecule has 1 aromatic heterocycles. The van der Waals surface area contributed by atoms with Gasteiger partial charge in [0.2, 0.25) is 0 Å². The van der Waals surface area contributed by atoms with Gasteiger partial charge in [-0.15, -0.1) is 5.10 Å². The van der Waals surface area contributed by atoms with Crippen LogP contribution in [0.1, 0.15) is 10.4 Å². The quantitative estimate of drug-likeness (QED) is 0.742. The molecule has 0 unspecified atom stereocenters. The second kappa shape index (κ2) is 6.26. The van der Waals surface area contributed by atoms with Crippen molar-refractivity contribution in [2.75, 3.05) is 0 Å². The molecule has 0 saturated heterocycles. The van der Waals surface area contributed by atoms with Gasteiger partial charge in [0.15, 0.2) is 0 Å². The number of carboxylic acids is 1. The van der Waals surface area contributed by atoms with Crippen LogP contribution in [0.5, 0.6) is 0 Å². The second-order valence-electron chi connectivity index (χ2n) is 3.56. The fraction of sp³-hybridized carbons (Fsp3) is 0. The van der Waals surface area contributed by atoms with E-state index < -0.39 is 5.97 Å². The molecule has 1 N–H and O–H groups in total. The summed E-state index contributed by atoms with van der Waals surface area (Å²) >= 11 is 6.79. The third-order valence-electron chi connectivity index (χ3n) is 2.23. The Morgan fingerprint density at radius 2 is 1.89 bits per heavy atom. The van der Waals surface area contributed by atoms with E-state index in [1.165, 1.54) is 17.6 Å². The van der Waals surface area contributed by atoms with Crippen LogP contribution in [0.4, 0.5) is 0 Å². The van der Waals surface area contributed by atoms with Crippen molar-refractivity contribution in [1.29, 1.82) is 0 Å². The number of rotatable bonds is 1. The molecule has 19 heavy (non-hydrogen) atoms. The van der Waals surface area contributed by atoms with Crippen LogP contribution in [0.3, 0.4) is 0 Å². The van der Waals surface area contributed by atoms with Gasteiger partial charge in [-0.05, 0) is 41.9 Å². The molecule has 3 rings (SSSR count). The number of benzene rings is 2. The van der Waals surface area contributed by atoms with E-state index in [1.54, 1.807) is 12.1 Å². The molecule has 0 aliphatic heterocycles. The highest BCUT2D eigenvalue weighted by molar-refractivity contribution is 7.12. The number of carbonyl (C=O) groups is 1. The first-order valence-electron chi connectivity index (χ1n) is 5.33. The summed E-state index contributed by atoms with van der Waals surface area (Å²) in [5.74, 6) is -0.940. The number of nitrogens with zero attached hydrogens (tertiary/aromatic N) is 2. The molecule has 0 spiro atoms. The van der Waals surface area contributed by atoms with Gasteiger partial charge in [0.25, 0.3) is 0 Å². The van der Waals surface area contributed by atoms with E-state index in [2.05, 4.69) is 9.59 Å². The standard InChI is InChI=1S/C7H4N2O2S.C6H5Cl/c10-7(11)4-1-2-6-5(3-4)8-9-12-6;7-6-4-2-1-3-5-6/h1-3H,(H,10,11);1-5H. The molecule has 0 aliphatic carbocycles. The van der Waals surface area contributed by atoms with E-state index >= 15 is 0 Å². The zero-order valence-corrected chi connectivity index (χ0v) is 11.2. The normalized spacial score (nSPS) is 9.74. The van der Waals surface area contributed by atoms with Gasteiger partial charge in [0.05, 0.1) is 10.3 Å². The fourth-order valence-corrected chi connectivity index (χ4v) is 2.01. The van der Waals surface area contributed by atoms with E-state index in [0.717, 1.165) is 9.72 Å². The molecule has 0 saturated carbocycles. The van der Waals surface area contributed by atoms with E-state index in [1.807, 2.05) is 30.3 Å². The molecule has 1 heterocycles. The SMILES string of the molecule is Clc1ccccc1.O=C(O)c1ccc2snnc2c1. The van der Waals surface area contributed by atoms with Gasteiger partial charge in [-0.2, -0.15) is 0 Å². The molecule has 0 bridgehead atoms. The minimum absolute atomic E-state index is 0.246. The number of hydrogen-bond acceptors (Lipinski definition) is 4. The van der Waals surface area contributed by atoms with Crippen molar-refractivity contribution >= 4 is 39.3 Å². The molecular formula is C13H9ClN2O2S. The van der Waals surface area contributed by atoms with Gasteiger partial charge >= 0.3 is 5.97 Å². The lowest BCUT2D eigenvalue weighted by atomic mass is 10.2. The Hall–Kier alpha value is -1.98. The summed E-state index contributed by atoms with van der Waals surface area (Å²) in [6.07, 6.45) is 0. The van der Waals surface area contributed by atoms with Gasteiger partial charge in [-0.1, -0.05) is 34.3 Å². The minimum Gasteiger partial charge on any atom is -0.478 e. The molecule has 4 nitrogen and oxygen atoms in total. The molecule has 0 amide bonds. The number of aromatic nitrogens is 2. The van der Waals surface area contributed by atoms with Crippen LogP contribution in [0.25, 0.3) is 10.2 Å². The van der Waals surface area contributed by atoms with Crippen molar-refractivity contribution in [1.82, 2.24) is 9.59 Å². The van der Waals surface area contributed by atoms with Gasteiger partial charge in [-0.3, -0.25) is 0 Å². The molecule has 3 aromatic rings. The van der Waals surface area contributed by atoms with E-state index in [-0.39, 0.29) is 5.56 Å². The molecule has 0 fully saturated rings. The van der Waals surface area contributed by atoms with Crippen molar-refractivity contribution < 1.29 is 9.90 Å². The Morgan fingerprint density at radius 3 is 2.47 bits per heavy atom. The van der Waals surface area contributed by atoms with Crippen molar-refractivity contribution in [3.63, 3.8) is 0 Å². The fourth-order valence-electron chi connectivity index (χ4n) is 1.33. The summed E-state index contributed by atoms with van der Waals surface area (Å²) in [7, 11) is 0. The van der Waals surface area contributed by atoms with Crippen molar-refractivity contribution in [3.8, 4) is 0 Å². The first kappa shape index (κ1) is 13.5. The number of carboxylic acid groups (broad SMARTS) is 1. The summed E-state index contributed by atoms with van der Waals surface area (Å²) in [4.78, 5) is 10.5. The van der Waals surface area contributed by atoms with Crippen molar-refractivity contribution in [2.45, 2.75) is 0 Å². The van der Waals surface area contributed by atoms with Gasteiger partial charge in [0.1, 0.15) is 5.52 Å². The summed E-state index contributed by atoms with van der Waals surface area (Å²) in [5.41, 5.74) is 0.884. The third kappa shape index (κ3) is 3.74. The van der Waals surface area contributed by atoms with Crippen LogP contribution in [0, 0.1) is 0 Å². The Kier molecular flexibility index (Phi) is 4.43. The Labute approximate surface area is 118 Å². The Bertz CT molecular complexity index is 685. The second-order valence-corrected chi connectivity index (χ2v) is 4.78. The average Bonchev–Trinajstić information content (AvgIpc) is 2.87. The summed E-state index contributed by atoms with van der Waals surface area (Å²) in [5, 5.41) is 13.2. The zero-order chi connectivity index (χ0) is 13.7. The first-order chi connectivity index (χ1) is 9.16. The molecule has 0 atom stereocenters. The van der Waals surface area contributed by atoms with Crippen LogP contribution in [-0.4, -0.2) is 20.7 Å². The number of fused-ring (bicyclic) bond motifs is 1. The lowest BCUT2D eigenvalue weighted by molar-refractivity contribution is 0.0697. The van der Waals surface area contributed by atoms with Crippen LogP contribution in [-0.2, 0) is 0 Å². The topological polar surface area (TPSA) is 63.1 Å². The van der Waals surface area contributed by atoms with Gasteiger partial charge in [0, 0.05) is 5.02 Å². The van der Waals surface area contributed by atoms with E-state index in [0.29, 0.717) is 5.52 Å². The maximum Gasteiger partial charge on any atom is 0.335 e. The highest BCUT2D eigenvalue weighted by Crippen LogP contribution is 2.16. The third-order valence-corrected chi connectivity index (χ3v) is 3.18. The zero-order valence-electron chi connectivity index (χ0n) is 9.65. The number of aromatic carboxylic acids is 1. The molecular weight excluding hydrogens is 284 g/mol. The maximum absolute atomic E-state index is 10.5.